The maximum absolute atomic E-state index is 2.30. The highest BCUT2D eigenvalue weighted by Gasteiger charge is 2.41. The quantitative estimate of drug-likeness (QED) is 0.506. The van der Waals surface area contributed by atoms with Gasteiger partial charge in [0, 0.05) is 42.3 Å². The molecule has 12 heavy (non-hydrogen) atoms. The van der Waals surface area contributed by atoms with Crippen LogP contribution in [0.5, 0.6) is 0 Å². The number of rotatable bonds is 3. The molecule has 0 atom stereocenters. The van der Waals surface area contributed by atoms with Crippen molar-refractivity contribution < 1.29 is 12.4 Å². The lowest BCUT2D eigenvalue weighted by atomic mass is 11.2. The summed E-state index contributed by atoms with van der Waals surface area (Å²) < 4.78 is 6.90. The minimum Gasteiger partial charge on any atom is -1.00 e. The van der Waals surface area contributed by atoms with Crippen LogP contribution in [-0.4, -0.2) is 63.0 Å². The molecule has 3 nitrogen and oxygen atoms in total. The van der Waals surface area contributed by atoms with Crippen molar-refractivity contribution in [2.24, 2.45) is 0 Å². The predicted octanol–water partition coefficient (Wildman–Crippen LogP) is -1.93. The molecule has 0 saturated carbocycles. The van der Waals surface area contributed by atoms with E-state index in [1.54, 1.807) is 0 Å². The molecule has 0 radical (unpaired) electrons. The smallest absolute Gasteiger partial charge is 0.222 e. The van der Waals surface area contributed by atoms with Crippen LogP contribution in [0.15, 0.2) is 0 Å². The van der Waals surface area contributed by atoms with Gasteiger partial charge in [0.05, 0.1) is 6.66 Å². The van der Waals surface area contributed by atoms with E-state index < -0.39 is 7.71 Å². The maximum Gasteiger partial charge on any atom is 0.222 e. The van der Waals surface area contributed by atoms with Gasteiger partial charge < -0.3 is 12.4 Å². The van der Waals surface area contributed by atoms with Crippen LogP contribution in [0.4, 0.5) is 0 Å². The lowest BCUT2D eigenvalue weighted by Gasteiger charge is -2.36. The van der Waals surface area contributed by atoms with E-state index in [-0.39, 0.29) is 12.4 Å². The Hall–Kier alpha value is 0.600. The second-order valence-corrected chi connectivity index (χ2v) is 7.55. The highest BCUT2D eigenvalue weighted by molar-refractivity contribution is 7.68. The normalized spacial score (nSPS) is 12.5. The second-order valence-electron chi connectivity index (χ2n) is 3.41. The number of hydrogen-bond donors (Lipinski definition) is 0. The van der Waals surface area contributed by atoms with Gasteiger partial charge in [-0.15, -0.1) is 0 Å². The molecule has 0 N–H and O–H groups in total. The summed E-state index contributed by atoms with van der Waals surface area (Å²) in [6.45, 7) is 2.30. The summed E-state index contributed by atoms with van der Waals surface area (Å²) in [5.41, 5.74) is 0. The van der Waals surface area contributed by atoms with Crippen LogP contribution in [0.2, 0.25) is 0 Å². The third kappa shape index (κ3) is 2.82. The number of halogens is 1. The van der Waals surface area contributed by atoms with Crippen molar-refractivity contribution in [3.05, 3.63) is 0 Å². The Morgan fingerprint density at radius 1 is 0.667 bits per heavy atom. The minimum absolute atomic E-state index is 0. The molecule has 0 fully saturated rings. The van der Waals surface area contributed by atoms with Crippen LogP contribution in [-0.2, 0) is 0 Å². The molecular weight excluding hydrogens is 193 g/mol. The van der Waals surface area contributed by atoms with Crippen LogP contribution in [0.25, 0.3) is 0 Å². The fraction of sp³-hybridized carbons (Fsp3) is 1.00. The van der Waals surface area contributed by atoms with Crippen LogP contribution in [0.1, 0.15) is 0 Å². The lowest BCUT2D eigenvalue weighted by Crippen LogP contribution is -3.00. The molecule has 76 valence electrons. The average molecular weight is 214 g/mol. The molecule has 0 aromatic heterocycles. The molecule has 0 rings (SSSR count). The van der Waals surface area contributed by atoms with Gasteiger partial charge in [-0.05, 0) is 0 Å². The zero-order chi connectivity index (χ0) is 9.23. The van der Waals surface area contributed by atoms with E-state index in [1.807, 2.05) is 0 Å². The van der Waals surface area contributed by atoms with Gasteiger partial charge in [-0.25, -0.2) is 0 Å². The third-order valence-electron chi connectivity index (χ3n) is 2.27. The van der Waals surface area contributed by atoms with E-state index >= 15 is 0 Å². The molecule has 0 aliphatic heterocycles. The molecule has 0 amide bonds. The van der Waals surface area contributed by atoms with Gasteiger partial charge >= 0.3 is 0 Å². The summed E-state index contributed by atoms with van der Waals surface area (Å²) in [4.78, 5) is 0. The topological polar surface area (TPSA) is 9.72 Å². The van der Waals surface area contributed by atoms with Crippen molar-refractivity contribution in [2.45, 2.75) is 0 Å². The van der Waals surface area contributed by atoms with Crippen LogP contribution >= 0.6 is 7.71 Å². The van der Waals surface area contributed by atoms with Gasteiger partial charge in [-0.3, -0.25) is 0 Å². The highest BCUT2D eigenvalue weighted by Crippen LogP contribution is 2.59. The molecule has 0 aromatic rings. The Labute approximate surface area is 83.6 Å². The van der Waals surface area contributed by atoms with Gasteiger partial charge in [0.15, 0.2) is 0 Å². The van der Waals surface area contributed by atoms with E-state index in [9.17, 15) is 0 Å². The molecule has 0 bridgehead atoms. The first-order chi connectivity index (χ1) is 4.83. The van der Waals surface area contributed by atoms with E-state index in [0.29, 0.717) is 0 Å². The van der Waals surface area contributed by atoms with Crippen LogP contribution in [0.3, 0.4) is 0 Å². The minimum atomic E-state index is -1.19. The Morgan fingerprint density at radius 2 is 0.833 bits per heavy atom. The molecule has 0 unspecified atom stereocenters. The number of hydrogen-bond acceptors (Lipinski definition) is 3. The first-order valence-electron chi connectivity index (χ1n) is 3.73. The number of nitrogens with zero attached hydrogens (tertiary/aromatic N) is 3. The van der Waals surface area contributed by atoms with Gasteiger partial charge in [-0.2, -0.15) is 14.0 Å². The Balaban J connectivity index is 0. The average Bonchev–Trinajstić information content (AvgIpc) is 1.84. The maximum atomic E-state index is 2.30. The molecule has 0 aliphatic carbocycles. The molecular formula is C7H21ClN3P. The van der Waals surface area contributed by atoms with Crippen molar-refractivity contribution >= 4 is 7.71 Å². The Morgan fingerprint density at radius 3 is 0.833 bits per heavy atom. The summed E-state index contributed by atoms with van der Waals surface area (Å²) >= 11 is 0. The fourth-order valence-corrected chi connectivity index (χ4v) is 3.22. The van der Waals surface area contributed by atoms with Crippen molar-refractivity contribution in [1.29, 1.82) is 0 Å². The summed E-state index contributed by atoms with van der Waals surface area (Å²) in [5.74, 6) is 0. The van der Waals surface area contributed by atoms with Crippen molar-refractivity contribution in [3.63, 3.8) is 0 Å². The standard InChI is InChI=1S/C7H21N3P.ClH/c1-8(2)11(7,9(3)4)10(5)6;/h1-7H3;1H/q+1;/p-1. The highest BCUT2D eigenvalue weighted by atomic mass is 35.5. The fourth-order valence-electron chi connectivity index (χ4n) is 1.07. The van der Waals surface area contributed by atoms with Gasteiger partial charge in [0.1, 0.15) is 0 Å². The zero-order valence-corrected chi connectivity index (χ0v) is 10.8. The summed E-state index contributed by atoms with van der Waals surface area (Å²) in [6.07, 6.45) is 0. The van der Waals surface area contributed by atoms with Gasteiger partial charge in [0.25, 0.3) is 0 Å². The SMILES string of the molecule is CN(C)[P+](C)(N(C)C)N(C)C.[Cl-]. The second kappa shape index (κ2) is 5.36. The van der Waals surface area contributed by atoms with Gasteiger partial charge in [0.2, 0.25) is 7.71 Å². The summed E-state index contributed by atoms with van der Waals surface area (Å²) in [6, 6.07) is 0. The first kappa shape index (κ1) is 15.1. The summed E-state index contributed by atoms with van der Waals surface area (Å²) in [7, 11) is 11.6. The monoisotopic (exact) mass is 213 g/mol. The molecule has 0 aliphatic rings. The molecule has 0 heterocycles. The van der Waals surface area contributed by atoms with Crippen LogP contribution in [0, 0.1) is 0 Å². The largest absolute Gasteiger partial charge is 1.00 e. The molecule has 0 saturated heterocycles. The van der Waals surface area contributed by atoms with E-state index in [0.717, 1.165) is 0 Å². The van der Waals surface area contributed by atoms with Crippen molar-refractivity contribution in [1.82, 2.24) is 14.0 Å². The zero-order valence-electron chi connectivity index (χ0n) is 9.17. The van der Waals surface area contributed by atoms with Crippen molar-refractivity contribution in [2.75, 3.05) is 49.0 Å². The Kier molecular flexibility index (Phi) is 6.73. The lowest BCUT2D eigenvalue weighted by molar-refractivity contribution is -0.00000274. The van der Waals surface area contributed by atoms with Crippen molar-refractivity contribution in [3.8, 4) is 0 Å². The molecule has 0 spiro atoms. The first-order valence-corrected chi connectivity index (χ1v) is 5.82. The van der Waals surface area contributed by atoms with Gasteiger partial charge in [-0.1, -0.05) is 0 Å². The third-order valence-corrected chi connectivity index (χ3v) is 6.82. The van der Waals surface area contributed by atoms with E-state index in [1.165, 1.54) is 0 Å². The molecule has 5 heteroatoms. The van der Waals surface area contributed by atoms with Crippen LogP contribution < -0.4 is 12.4 Å². The van der Waals surface area contributed by atoms with E-state index in [2.05, 4.69) is 63.0 Å². The molecule has 0 aromatic carbocycles. The predicted molar refractivity (Wildman–Crippen MR) is 53.9 cm³/mol. The van der Waals surface area contributed by atoms with E-state index in [4.69, 9.17) is 0 Å². The Bertz CT molecular complexity index is 106. The summed E-state index contributed by atoms with van der Waals surface area (Å²) in [5, 5.41) is 0.